The van der Waals surface area contributed by atoms with Crippen molar-refractivity contribution in [2.24, 2.45) is 5.84 Å². The highest BCUT2D eigenvalue weighted by Gasteiger charge is 2.23. The fourth-order valence-corrected chi connectivity index (χ4v) is 1.90. The Labute approximate surface area is 110 Å². The number of benzene rings is 1. The average molecular weight is 301 g/mol. The van der Waals surface area contributed by atoms with Crippen LogP contribution in [-0.4, -0.2) is 30.0 Å². The van der Waals surface area contributed by atoms with Crippen LogP contribution >= 0.6 is 15.9 Å². The molecule has 0 heterocycles. The Morgan fingerprint density at radius 1 is 1.35 bits per heavy atom. The van der Waals surface area contributed by atoms with Crippen molar-refractivity contribution in [1.29, 1.82) is 0 Å². The number of likely N-dealkylation sites (N-methyl/N-ethyl adjacent to an activating group) is 1. The summed E-state index contributed by atoms with van der Waals surface area (Å²) in [7, 11) is 0. The molecular weight excluding hydrogens is 282 g/mol. The fourth-order valence-electron chi connectivity index (χ4n) is 1.53. The first-order chi connectivity index (χ1) is 7.91. The first-order valence-electron chi connectivity index (χ1n) is 5.64. The van der Waals surface area contributed by atoms with Gasteiger partial charge in [0.15, 0.2) is 6.54 Å². The number of quaternary nitrogens is 1. The number of carbonyl (C=O) groups is 1. The van der Waals surface area contributed by atoms with Crippen LogP contribution in [0.25, 0.3) is 0 Å². The summed E-state index contributed by atoms with van der Waals surface area (Å²) in [6, 6.07) is 5.20. The van der Waals surface area contributed by atoms with Gasteiger partial charge >= 0.3 is 0 Å². The van der Waals surface area contributed by atoms with E-state index in [2.05, 4.69) is 15.9 Å². The lowest BCUT2D eigenvalue weighted by molar-refractivity contribution is -0.928. The summed E-state index contributed by atoms with van der Waals surface area (Å²) >= 11 is 3.31. The second-order valence-electron chi connectivity index (χ2n) is 4.17. The fraction of sp³-hybridized carbons (Fsp3) is 0.417. The highest BCUT2D eigenvalue weighted by molar-refractivity contribution is 9.10. The molecule has 0 saturated heterocycles. The zero-order chi connectivity index (χ0) is 13.1. The van der Waals surface area contributed by atoms with E-state index < -0.39 is 0 Å². The Kier molecular flexibility index (Phi) is 4.68. The average Bonchev–Trinajstić information content (AvgIpc) is 2.32. The van der Waals surface area contributed by atoms with Gasteiger partial charge in [0.1, 0.15) is 0 Å². The molecule has 0 spiro atoms. The second kappa shape index (κ2) is 5.62. The van der Waals surface area contributed by atoms with Crippen molar-refractivity contribution in [3.8, 4) is 0 Å². The van der Waals surface area contributed by atoms with Gasteiger partial charge in [-0.25, -0.2) is 4.59 Å². The van der Waals surface area contributed by atoms with Gasteiger partial charge in [-0.3, -0.25) is 4.79 Å². The summed E-state index contributed by atoms with van der Waals surface area (Å²) in [5.41, 5.74) is 6.95. The molecule has 1 aromatic rings. The minimum absolute atomic E-state index is 0.0388. The van der Waals surface area contributed by atoms with Gasteiger partial charge in [-0.2, -0.15) is 5.84 Å². The lowest BCUT2D eigenvalue weighted by Gasteiger charge is -2.29. The predicted octanol–water partition coefficient (Wildman–Crippen LogP) is 1.94. The smallest absolute Gasteiger partial charge is 0.218 e. The van der Waals surface area contributed by atoms with Crippen molar-refractivity contribution in [1.82, 2.24) is 0 Å². The van der Waals surface area contributed by atoms with E-state index in [9.17, 15) is 4.79 Å². The number of nitrogen functional groups attached to an aromatic ring is 1. The third-order valence-corrected chi connectivity index (χ3v) is 3.73. The largest absolute Gasteiger partial charge is 0.398 e. The van der Waals surface area contributed by atoms with E-state index in [1.807, 2.05) is 13.8 Å². The molecule has 0 aliphatic rings. The summed E-state index contributed by atoms with van der Waals surface area (Å²) < 4.78 is 1.01. The van der Waals surface area contributed by atoms with Crippen LogP contribution in [0.15, 0.2) is 22.7 Å². The first-order valence-corrected chi connectivity index (χ1v) is 6.44. The number of hydrogen-bond donors (Lipinski definition) is 2. The Balaban J connectivity index is 2.86. The number of nitrogens with zero attached hydrogens (tertiary/aromatic N) is 1. The predicted molar refractivity (Wildman–Crippen MR) is 73.3 cm³/mol. The lowest BCUT2D eigenvalue weighted by atomic mass is 10.1. The molecule has 0 amide bonds. The van der Waals surface area contributed by atoms with Crippen molar-refractivity contribution in [2.45, 2.75) is 13.8 Å². The van der Waals surface area contributed by atoms with E-state index >= 15 is 0 Å². The summed E-state index contributed by atoms with van der Waals surface area (Å²) in [5.74, 6) is 6.12. The van der Waals surface area contributed by atoms with Gasteiger partial charge < -0.3 is 5.73 Å². The van der Waals surface area contributed by atoms with E-state index in [0.29, 0.717) is 17.8 Å². The van der Waals surface area contributed by atoms with Gasteiger partial charge in [-0.15, -0.1) is 0 Å². The molecule has 1 rings (SSSR count). The molecule has 17 heavy (non-hydrogen) atoms. The van der Waals surface area contributed by atoms with Crippen LogP contribution in [0.1, 0.15) is 24.2 Å². The van der Waals surface area contributed by atoms with Crippen LogP contribution in [0.5, 0.6) is 0 Å². The molecule has 0 saturated carbocycles. The summed E-state index contributed by atoms with van der Waals surface area (Å²) in [6.45, 7) is 5.74. The zero-order valence-electron chi connectivity index (χ0n) is 10.2. The van der Waals surface area contributed by atoms with Crippen LogP contribution in [-0.2, 0) is 0 Å². The number of carbonyl (C=O) groups excluding carboxylic acids is 1. The first kappa shape index (κ1) is 14.2. The summed E-state index contributed by atoms with van der Waals surface area (Å²) in [4.78, 5) is 12.1. The molecule has 0 atom stereocenters. The highest BCUT2D eigenvalue weighted by Crippen LogP contribution is 2.21. The standard InChI is InChI=1S/C12H18BrN3O/c1-3-16(15,4-2)8-12(17)9-5-6-11(14)10(13)7-9/h5-7H,3-4,8,15H2,1-2H3,(H-,14,17)/p+1. The molecule has 4 N–H and O–H groups in total. The molecule has 0 radical (unpaired) electrons. The summed E-state index contributed by atoms with van der Waals surface area (Å²) in [6.07, 6.45) is 0. The van der Waals surface area contributed by atoms with Crippen LogP contribution < -0.4 is 11.6 Å². The van der Waals surface area contributed by atoms with Gasteiger partial charge in [0.2, 0.25) is 5.78 Å². The zero-order valence-corrected chi connectivity index (χ0v) is 11.8. The van der Waals surface area contributed by atoms with Crippen LogP contribution in [0.4, 0.5) is 5.69 Å². The number of Topliss-reactive ketones (excluding diaryl/α,β-unsaturated/α-hetero) is 1. The van der Waals surface area contributed by atoms with Crippen molar-refractivity contribution in [3.05, 3.63) is 28.2 Å². The molecule has 4 nitrogen and oxygen atoms in total. The Morgan fingerprint density at radius 2 is 1.94 bits per heavy atom. The van der Waals surface area contributed by atoms with Crippen molar-refractivity contribution < 1.29 is 9.39 Å². The molecule has 0 aliphatic heterocycles. The maximum absolute atomic E-state index is 12.1. The van der Waals surface area contributed by atoms with Crippen LogP contribution in [0.3, 0.4) is 0 Å². The number of anilines is 1. The second-order valence-corrected chi connectivity index (χ2v) is 5.02. The van der Waals surface area contributed by atoms with E-state index in [-0.39, 0.29) is 10.4 Å². The maximum atomic E-state index is 12.1. The number of hydrogen-bond acceptors (Lipinski definition) is 3. The number of nitrogens with two attached hydrogens (primary N) is 2. The van der Waals surface area contributed by atoms with E-state index in [0.717, 1.165) is 17.6 Å². The third-order valence-electron chi connectivity index (χ3n) is 3.04. The van der Waals surface area contributed by atoms with E-state index in [1.165, 1.54) is 0 Å². The Bertz CT molecular complexity index is 416. The third kappa shape index (κ3) is 3.52. The van der Waals surface area contributed by atoms with Gasteiger partial charge in [-0.1, -0.05) is 0 Å². The van der Waals surface area contributed by atoms with Crippen LogP contribution in [0.2, 0.25) is 0 Å². The number of ketones is 1. The van der Waals surface area contributed by atoms with Crippen molar-refractivity contribution in [2.75, 3.05) is 25.4 Å². The van der Waals surface area contributed by atoms with E-state index in [4.69, 9.17) is 11.6 Å². The van der Waals surface area contributed by atoms with Gasteiger partial charge in [0.25, 0.3) is 0 Å². The topological polar surface area (TPSA) is 69.1 Å². The normalized spacial score (nSPS) is 11.5. The molecule has 1 aromatic carbocycles. The maximum Gasteiger partial charge on any atom is 0.218 e. The minimum Gasteiger partial charge on any atom is -0.398 e. The molecule has 5 heteroatoms. The lowest BCUT2D eigenvalue weighted by Crippen LogP contribution is -2.56. The van der Waals surface area contributed by atoms with E-state index in [1.54, 1.807) is 18.2 Å². The molecule has 94 valence electrons. The molecular formula is C12H19BrN3O+. The van der Waals surface area contributed by atoms with Gasteiger partial charge in [-0.05, 0) is 48.0 Å². The molecule has 0 aromatic heterocycles. The van der Waals surface area contributed by atoms with Crippen molar-refractivity contribution in [3.63, 3.8) is 0 Å². The number of halogens is 1. The summed E-state index contributed by atoms with van der Waals surface area (Å²) in [5, 5.41) is 0. The monoisotopic (exact) mass is 300 g/mol. The van der Waals surface area contributed by atoms with Crippen molar-refractivity contribution >= 4 is 27.4 Å². The highest BCUT2D eigenvalue weighted by atomic mass is 79.9. The molecule has 0 unspecified atom stereocenters. The van der Waals surface area contributed by atoms with Crippen LogP contribution in [0, 0.1) is 0 Å². The van der Waals surface area contributed by atoms with Gasteiger partial charge in [0, 0.05) is 15.7 Å². The molecule has 0 aliphatic carbocycles. The molecule has 0 fully saturated rings. The Hall–Kier alpha value is -0.910. The Morgan fingerprint density at radius 3 is 2.41 bits per heavy atom. The number of rotatable bonds is 5. The minimum atomic E-state index is 0.0388. The quantitative estimate of drug-likeness (QED) is 0.287. The molecule has 0 bridgehead atoms. The SMILES string of the molecule is CC[N+](N)(CC)CC(=O)c1ccc(N)c(Br)c1. The van der Waals surface area contributed by atoms with Gasteiger partial charge in [0.05, 0.1) is 13.1 Å².